The van der Waals surface area contributed by atoms with Crippen molar-refractivity contribution in [2.75, 3.05) is 25.0 Å². The first kappa shape index (κ1) is 23.3. The van der Waals surface area contributed by atoms with E-state index in [1.165, 1.54) is 0 Å². The molecule has 27 heavy (non-hydrogen) atoms. The van der Waals surface area contributed by atoms with Crippen LogP contribution in [0.3, 0.4) is 0 Å². The van der Waals surface area contributed by atoms with Crippen LogP contribution in [0, 0.1) is 0 Å². The van der Waals surface area contributed by atoms with E-state index in [0.29, 0.717) is 24.4 Å². The molecule has 0 fully saturated rings. The first-order valence-electron chi connectivity index (χ1n) is 8.85. The Morgan fingerprint density at radius 2 is 1.85 bits per heavy atom. The van der Waals surface area contributed by atoms with Crippen LogP contribution < -0.4 is 16.0 Å². The van der Waals surface area contributed by atoms with E-state index < -0.39 is 0 Å². The maximum absolute atomic E-state index is 11.9. The molecule has 3 N–H and O–H groups in total. The van der Waals surface area contributed by atoms with E-state index in [1.807, 2.05) is 31.5 Å². The summed E-state index contributed by atoms with van der Waals surface area (Å²) in [6, 6.07) is 11.1. The average molecular weight is 504 g/mol. The molecule has 148 valence electrons. The third kappa shape index (κ3) is 9.67. The SMILES string of the molecule is CCNC(=NCCCC(=O)Nc1ccc(Cl)cc1)NCCn1cccc1.I. The lowest BCUT2D eigenvalue weighted by Crippen LogP contribution is -2.38. The topological polar surface area (TPSA) is 70.4 Å². The highest BCUT2D eigenvalue weighted by atomic mass is 127. The largest absolute Gasteiger partial charge is 0.357 e. The van der Waals surface area contributed by atoms with Gasteiger partial charge in [0.15, 0.2) is 5.96 Å². The number of carbonyl (C=O) groups excluding carboxylic acids is 1. The zero-order valence-electron chi connectivity index (χ0n) is 15.5. The lowest BCUT2D eigenvalue weighted by molar-refractivity contribution is -0.116. The predicted molar refractivity (Wildman–Crippen MR) is 123 cm³/mol. The highest BCUT2D eigenvalue weighted by Crippen LogP contribution is 2.13. The number of halogens is 2. The molecule has 0 spiro atoms. The van der Waals surface area contributed by atoms with Crippen LogP contribution in [0.2, 0.25) is 5.02 Å². The molecule has 2 aromatic rings. The summed E-state index contributed by atoms with van der Waals surface area (Å²) >= 11 is 5.83. The summed E-state index contributed by atoms with van der Waals surface area (Å²) in [6.45, 7) is 5.08. The second-order valence-electron chi connectivity index (χ2n) is 5.77. The molecular formula is C19H27ClIN5O. The molecular weight excluding hydrogens is 477 g/mol. The highest BCUT2D eigenvalue weighted by Gasteiger charge is 2.03. The summed E-state index contributed by atoms with van der Waals surface area (Å²) in [7, 11) is 0. The van der Waals surface area contributed by atoms with Crippen molar-refractivity contribution in [1.82, 2.24) is 15.2 Å². The monoisotopic (exact) mass is 503 g/mol. The molecule has 1 heterocycles. The molecule has 0 unspecified atom stereocenters. The van der Waals surface area contributed by atoms with Gasteiger partial charge in [-0.05, 0) is 49.7 Å². The van der Waals surface area contributed by atoms with Crippen LogP contribution in [0.15, 0.2) is 53.8 Å². The number of guanidine groups is 1. The number of benzene rings is 1. The van der Waals surface area contributed by atoms with Gasteiger partial charge in [-0.2, -0.15) is 0 Å². The molecule has 2 rings (SSSR count). The Bertz CT molecular complexity index is 689. The molecule has 1 aromatic carbocycles. The van der Waals surface area contributed by atoms with Gasteiger partial charge in [0.1, 0.15) is 0 Å². The fraction of sp³-hybridized carbons (Fsp3) is 0.368. The average Bonchev–Trinajstić information content (AvgIpc) is 3.14. The zero-order valence-corrected chi connectivity index (χ0v) is 18.5. The summed E-state index contributed by atoms with van der Waals surface area (Å²) < 4.78 is 2.11. The number of hydrogen-bond acceptors (Lipinski definition) is 2. The highest BCUT2D eigenvalue weighted by molar-refractivity contribution is 14.0. The van der Waals surface area contributed by atoms with Gasteiger partial charge in [0.2, 0.25) is 5.91 Å². The van der Waals surface area contributed by atoms with E-state index in [1.54, 1.807) is 24.3 Å². The van der Waals surface area contributed by atoms with Crippen LogP contribution in [0.25, 0.3) is 0 Å². The smallest absolute Gasteiger partial charge is 0.224 e. The van der Waals surface area contributed by atoms with Gasteiger partial charge in [-0.25, -0.2) is 0 Å². The molecule has 0 bridgehead atoms. The van der Waals surface area contributed by atoms with Crippen LogP contribution in [-0.4, -0.2) is 36.1 Å². The molecule has 0 saturated carbocycles. The minimum Gasteiger partial charge on any atom is -0.357 e. The van der Waals surface area contributed by atoms with Gasteiger partial charge in [0.25, 0.3) is 0 Å². The van der Waals surface area contributed by atoms with Crippen LogP contribution >= 0.6 is 35.6 Å². The van der Waals surface area contributed by atoms with Gasteiger partial charge in [-0.15, -0.1) is 24.0 Å². The Kier molecular flexibility index (Phi) is 11.6. The van der Waals surface area contributed by atoms with Crippen LogP contribution in [0.1, 0.15) is 19.8 Å². The van der Waals surface area contributed by atoms with E-state index in [0.717, 1.165) is 31.3 Å². The molecule has 0 aliphatic rings. The maximum atomic E-state index is 11.9. The van der Waals surface area contributed by atoms with Crippen molar-refractivity contribution in [3.63, 3.8) is 0 Å². The van der Waals surface area contributed by atoms with Crippen molar-refractivity contribution >= 4 is 53.1 Å². The summed E-state index contributed by atoms with van der Waals surface area (Å²) in [5.74, 6) is 0.755. The van der Waals surface area contributed by atoms with Gasteiger partial charge in [-0.1, -0.05) is 11.6 Å². The van der Waals surface area contributed by atoms with Crippen molar-refractivity contribution < 1.29 is 4.79 Å². The maximum Gasteiger partial charge on any atom is 0.224 e. The summed E-state index contributed by atoms with van der Waals surface area (Å²) in [5.41, 5.74) is 0.753. The van der Waals surface area contributed by atoms with Crippen LogP contribution in [0.4, 0.5) is 5.69 Å². The summed E-state index contributed by atoms with van der Waals surface area (Å²) in [4.78, 5) is 16.5. The molecule has 0 saturated heterocycles. The lowest BCUT2D eigenvalue weighted by atomic mass is 10.2. The molecule has 0 aliphatic carbocycles. The molecule has 0 aliphatic heterocycles. The summed E-state index contributed by atoms with van der Waals surface area (Å²) in [5, 5.41) is 10.0. The number of aromatic nitrogens is 1. The fourth-order valence-corrected chi connectivity index (χ4v) is 2.48. The van der Waals surface area contributed by atoms with Crippen LogP contribution in [0.5, 0.6) is 0 Å². The van der Waals surface area contributed by atoms with Gasteiger partial charge in [0.05, 0.1) is 0 Å². The second kappa shape index (κ2) is 13.4. The molecule has 1 aromatic heterocycles. The first-order chi connectivity index (χ1) is 12.7. The van der Waals surface area contributed by atoms with E-state index in [-0.39, 0.29) is 29.9 Å². The Balaban J connectivity index is 0.00000364. The number of amides is 1. The minimum absolute atomic E-state index is 0. The van der Waals surface area contributed by atoms with Crippen LogP contribution in [-0.2, 0) is 11.3 Å². The number of carbonyl (C=O) groups is 1. The number of rotatable bonds is 9. The molecule has 6 nitrogen and oxygen atoms in total. The van der Waals surface area contributed by atoms with Gasteiger partial charge < -0.3 is 20.5 Å². The van der Waals surface area contributed by atoms with E-state index >= 15 is 0 Å². The lowest BCUT2D eigenvalue weighted by Gasteiger charge is -2.11. The van der Waals surface area contributed by atoms with Crippen molar-refractivity contribution in [2.45, 2.75) is 26.3 Å². The number of hydrogen-bond donors (Lipinski definition) is 3. The third-order valence-corrected chi connectivity index (χ3v) is 3.88. The zero-order chi connectivity index (χ0) is 18.6. The second-order valence-corrected chi connectivity index (χ2v) is 6.20. The quantitative estimate of drug-likeness (QED) is 0.211. The van der Waals surface area contributed by atoms with Gasteiger partial charge in [-0.3, -0.25) is 9.79 Å². The number of nitrogens with zero attached hydrogens (tertiary/aromatic N) is 2. The third-order valence-electron chi connectivity index (χ3n) is 3.63. The predicted octanol–water partition coefficient (Wildman–Crippen LogP) is 3.73. The summed E-state index contributed by atoms with van der Waals surface area (Å²) in [6.07, 6.45) is 5.18. The van der Waals surface area contributed by atoms with Gasteiger partial charge in [0, 0.05) is 55.7 Å². The fourth-order valence-electron chi connectivity index (χ4n) is 2.35. The van der Waals surface area contributed by atoms with Crippen molar-refractivity contribution in [3.8, 4) is 0 Å². The van der Waals surface area contributed by atoms with Crippen molar-refractivity contribution in [2.24, 2.45) is 4.99 Å². The molecule has 0 radical (unpaired) electrons. The van der Waals surface area contributed by atoms with E-state index in [9.17, 15) is 4.79 Å². The molecule has 1 amide bonds. The Hall–Kier alpha value is -1.74. The van der Waals surface area contributed by atoms with Crippen molar-refractivity contribution in [1.29, 1.82) is 0 Å². The first-order valence-corrected chi connectivity index (χ1v) is 9.23. The van der Waals surface area contributed by atoms with E-state index in [2.05, 4.69) is 25.5 Å². The number of anilines is 1. The normalized spacial score (nSPS) is 10.8. The van der Waals surface area contributed by atoms with Crippen molar-refractivity contribution in [3.05, 3.63) is 53.8 Å². The Morgan fingerprint density at radius 3 is 2.52 bits per heavy atom. The minimum atomic E-state index is -0.0203. The van der Waals surface area contributed by atoms with Gasteiger partial charge >= 0.3 is 0 Å². The number of aliphatic imine (C=N–C) groups is 1. The van der Waals surface area contributed by atoms with E-state index in [4.69, 9.17) is 11.6 Å². The Morgan fingerprint density at radius 1 is 1.15 bits per heavy atom. The molecule has 0 atom stereocenters. The standard InChI is InChI=1S/C19H26ClN5O.HI/c1-2-21-19(23-12-15-25-13-3-4-14-25)22-11-5-6-18(26)24-17-9-7-16(20)8-10-17;/h3-4,7-10,13-14H,2,5-6,11-12,15H2,1H3,(H,24,26)(H2,21,22,23);1H. The Labute approximate surface area is 182 Å². The molecule has 8 heteroatoms. The number of nitrogens with one attached hydrogen (secondary N) is 3.